The van der Waals surface area contributed by atoms with Gasteiger partial charge in [-0.15, -0.1) is 0 Å². The van der Waals surface area contributed by atoms with Crippen molar-refractivity contribution in [2.75, 3.05) is 19.1 Å². The number of thioether (sulfide) groups is 1. The lowest BCUT2D eigenvalue weighted by Crippen LogP contribution is -2.33. The average Bonchev–Trinajstić information content (AvgIpc) is 3.00. The van der Waals surface area contributed by atoms with Crippen molar-refractivity contribution >= 4 is 57.6 Å². The van der Waals surface area contributed by atoms with E-state index in [-0.39, 0.29) is 15.8 Å². The fourth-order valence-corrected chi connectivity index (χ4v) is 3.71. The maximum atomic E-state index is 12.8. The number of nitro benzene ring substituents is 1. The molecule has 2 aromatic carbocycles. The number of nitrogens with one attached hydrogen (secondary N) is 1. The van der Waals surface area contributed by atoms with Crippen LogP contribution in [0.3, 0.4) is 0 Å². The van der Waals surface area contributed by atoms with Crippen molar-refractivity contribution in [2.24, 2.45) is 0 Å². The topological polar surface area (TPSA) is 131 Å². The second-order valence-electron chi connectivity index (χ2n) is 6.03. The number of hydrogen-bond acceptors (Lipinski definition) is 9. The summed E-state index contributed by atoms with van der Waals surface area (Å²) >= 11 is 6.35. The molecule has 0 aromatic heterocycles. The number of carbonyl (C=O) groups is 2. The summed E-state index contributed by atoms with van der Waals surface area (Å²) in [4.78, 5) is 34.0. The summed E-state index contributed by atoms with van der Waals surface area (Å²) in [7, 11) is 1.42. The second-order valence-corrected chi connectivity index (χ2v) is 7.70. The highest BCUT2D eigenvalue weighted by Crippen LogP contribution is 2.35. The third-order valence-electron chi connectivity index (χ3n) is 3.95. The number of nitrogens with zero attached hydrogens (tertiary/aromatic N) is 2. The molecule has 1 aliphatic rings. The molecule has 0 atom stereocenters. The molecule has 1 fully saturated rings. The van der Waals surface area contributed by atoms with Crippen molar-refractivity contribution in [1.82, 2.24) is 5.01 Å². The van der Waals surface area contributed by atoms with Crippen molar-refractivity contribution in [2.45, 2.75) is 0 Å². The van der Waals surface area contributed by atoms with Crippen LogP contribution < -0.4 is 14.9 Å². The van der Waals surface area contributed by atoms with Gasteiger partial charge < -0.3 is 14.6 Å². The van der Waals surface area contributed by atoms with Crippen molar-refractivity contribution < 1.29 is 29.1 Å². The summed E-state index contributed by atoms with van der Waals surface area (Å²) in [6.07, 6.45) is 1.61. The number of carboxylic acid groups (broad SMARTS) is 1. The number of rotatable bonds is 8. The molecular weight excluding hydrogens is 446 g/mol. The van der Waals surface area contributed by atoms with Crippen LogP contribution in [0.1, 0.15) is 5.56 Å². The van der Waals surface area contributed by atoms with Gasteiger partial charge in [0.2, 0.25) is 0 Å². The zero-order valence-electron chi connectivity index (χ0n) is 15.9. The zero-order chi connectivity index (χ0) is 22.5. The maximum Gasteiger partial charge on any atom is 0.341 e. The molecular formula is C19H15N3O7S2. The molecule has 0 saturated carbocycles. The van der Waals surface area contributed by atoms with E-state index >= 15 is 0 Å². The number of aliphatic carboxylic acids is 1. The van der Waals surface area contributed by atoms with Crippen LogP contribution in [-0.2, 0) is 9.59 Å². The van der Waals surface area contributed by atoms with Gasteiger partial charge in [-0.05, 0) is 48.1 Å². The largest absolute Gasteiger partial charge is 0.493 e. The summed E-state index contributed by atoms with van der Waals surface area (Å²) in [6.45, 7) is -0.511. The van der Waals surface area contributed by atoms with E-state index in [1.807, 2.05) is 0 Å². The van der Waals surface area contributed by atoms with E-state index in [1.54, 1.807) is 24.3 Å². The van der Waals surface area contributed by atoms with E-state index in [2.05, 4.69) is 5.43 Å². The van der Waals surface area contributed by atoms with Gasteiger partial charge in [0, 0.05) is 12.1 Å². The molecule has 1 aliphatic heterocycles. The van der Waals surface area contributed by atoms with E-state index < -0.39 is 23.4 Å². The highest BCUT2D eigenvalue weighted by Gasteiger charge is 2.32. The van der Waals surface area contributed by atoms with Crippen LogP contribution >= 0.6 is 24.0 Å². The monoisotopic (exact) mass is 461 g/mol. The Morgan fingerprint density at radius 2 is 2.00 bits per heavy atom. The Morgan fingerprint density at radius 3 is 2.61 bits per heavy atom. The molecule has 3 rings (SSSR count). The van der Waals surface area contributed by atoms with Crippen LogP contribution in [-0.4, -0.2) is 45.0 Å². The predicted molar refractivity (Wildman–Crippen MR) is 118 cm³/mol. The Balaban J connectivity index is 1.76. The predicted octanol–water partition coefficient (Wildman–Crippen LogP) is 3.30. The quantitative estimate of drug-likeness (QED) is 0.261. The lowest BCUT2D eigenvalue weighted by molar-refractivity contribution is -0.384. The molecule has 12 heteroatoms. The third kappa shape index (κ3) is 5.29. The number of ether oxygens (including phenoxy) is 2. The molecule has 0 radical (unpaired) electrons. The first-order valence-corrected chi connectivity index (χ1v) is 9.82. The molecule has 0 aliphatic carbocycles. The van der Waals surface area contributed by atoms with Crippen molar-refractivity contribution in [3.8, 4) is 11.5 Å². The first kappa shape index (κ1) is 22.1. The van der Waals surface area contributed by atoms with Gasteiger partial charge in [0.15, 0.2) is 22.4 Å². The molecule has 1 saturated heterocycles. The van der Waals surface area contributed by atoms with E-state index in [9.17, 15) is 19.7 Å². The Kier molecular flexibility index (Phi) is 6.72. The highest BCUT2D eigenvalue weighted by atomic mass is 32.2. The molecule has 31 heavy (non-hydrogen) atoms. The number of methoxy groups -OCH3 is 1. The number of benzene rings is 2. The standard InChI is InChI=1S/C19H15N3O7S2/c1-28-15-8-11(2-7-14(15)29-10-17(23)24)9-16-18(25)21(19(30)31-16)20-12-3-5-13(6-4-12)22(26)27/h2-9,20H,10H2,1H3,(H,23,24)/b16-9+. The smallest absolute Gasteiger partial charge is 0.341 e. The summed E-state index contributed by atoms with van der Waals surface area (Å²) in [5.74, 6) is -0.933. The van der Waals surface area contributed by atoms with E-state index in [4.69, 9.17) is 26.8 Å². The number of carboxylic acids is 1. The number of non-ortho nitro benzene ring substituents is 1. The number of carbonyl (C=O) groups excluding carboxylic acids is 1. The minimum Gasteiger partial charge on any atom is -0.493 e. The number of hydrazine groups is 1. The Morgan fingerprint density at radius 1 is 1.29 bits per heavy atom. The van der Waals surface area contributed by atoms with Crippen LogP contribution in [0.25, 0.3) is 6.08 Å². The van der Waals surface area contributed by atoms with Gasteiger partial charge in [-0.1, -0.05) is 17.8 Å². The van der Waals surface area contributed by atoms with Gasteiger partial charge in [-0.2, -0.15) is 0 Å². The lowest BCUT2D eigenvalue weighted by atomic mass is 10.2. The number of anilines is 1. The zero-order valence-corrected chi connectivity index (χ0v) is 17.6. The van der Waals surface area contributed by atoms with Gasteiger partial charge in [-0.25, -0.2) is 9.80 Å². The summed E-state index contributed by atoms with van der Waals surface area (Å²) in [6, 6.07) is 10.4. The van der Waals surface area contributed by atoms with Crippen LogP contribution in [0, 0.1) is 10.1 Å². The average molecular weight is 461 g/mol. The molecule has 0 spiro atoms. The minimum atomic E-state index is -1.12. The summed E-state index contributed by atoms with van der Waals surface area (Å²) in [5.41, 5.74) is 3.85. The van der Waals surface area contributed by atoms with E-state index in [0.29, 0.717) is 21.9 Å². The molecule has 10 nitrogen and oxygen atoms in total. The van der Waals surface area contributed by atoms with Gasteiger partial charge in [-0.3, -0.25) is 20.3 Å². The molecule has 1 heterocycles. The highest BCUT2D eigenvalue weighted by molar-refractivity contribution is 8.26. The van der Waals surface area contributed by atoms with Crippen LogP contribution in [0.4, 0.5) is 11.4 Å². The van der Waals surface area contributed by atoms with Gasteiger partial charge in [0.05, 0.1) is 22.6 Å². The number of amides is 1. The Labute approximate surface area is 185 Å². The minimum absolute atomic E-state index is 0.0689. The molecule has 1 amide bonds. The number of thiocarbonyl (C=S) groups is 1. The number of nitro groups is 1. The molecule has 2 N–H and O–H groups in total. The first-order valence-electron chi connectivity index (χ1n) is 8.60. The van der Waals surface area contributed by atoms with Crippen LogP contribution in [0.5, 0.6) is 11.5 Å². The molecule has 160 valence electrons. The first-order chi connectivity index (χ1) is 14.8. The third-order valence-corrected chi connectivity index (χ3v) is 5.25. The maximum absolute atomic E-state index is 12.8. The normalized spacial score (nSPS) is 14.6. The fraction of sp³-hybridized carbons (Fsp3) is 0.105. The SMILES string of the molecule is COc1cc(/C=C2/SC(=S)N(Nc3ccc([N+](=O)[O-])cc3)C2=O)ccc1OCC(=O)O. The van der Waals surface area contributed by atoms with Gasteiger partial charge >= 0.3 is 5.97 Å². The van der Waals surface area contributed by atoms with Gasteiger partial charge in [0.25, 0.3) is 11.6 Å². The van der Waals surface area contributed by atoms with Crippen molar-refractivity contribution in [3.63, 3.8) is 0 Å². The Bertz CT molecular complexity index is 1090. The molecule has 0 unspecified atom stereocenters. The lowest BCUT2D eigenvalue weighted by Gasteiger charge is -2.16. The van der Waals surface area contributed by atoms with E-state index in [1.165, 1.54) is 36.4 Å². The second kappa shape index (κ2) is 9.45. The van der Waals surface area contributed by atoms with Gasteiger partial charge in [0.1, 0.15) is 0 Å². The summed E-state index contributed by atoms with van der Waals surface area (Å²) in [5, 5.41) is 20.7. The molecule has 2 aromatic rings. The van der Waals surface area contributed by atoms with Crippen LogP contribution in [0.15, 0.2) is 47.4 Å². The fourth-order valence-electron chi connectivity index (χ4n) is 2.53. The number of hydrogen-bond donors (Lipinski definition) is 2. The van der Waals surface area contributed by atoms with Crippen molar-refractivity contribution in [3.05, 3.63) is 63.0 Å². The Hall–Kier alpha value is -3.64. The van der Waals surface area contributed by atoms with Crippen LogP contribution in [0.2, 0.25) is 0 Å². The van der Waals surface area contributed by atoms with E-state index in [0.717, 1.165) is 11.8 Å². The molecule has 0 bridgehead atoms. The van der Waals surface area contributed by atoms with Crippen molar-refractivity contribution in [1.29, 1.82) is 0 Å². The summed E-state index contributed by atoms with van der Waals surface area (Å²) < 4.78 is 10.6.